The Balaban J connectivity index is 0. The maximum atomic E-state index is 8.52. The van der Waals surface area contributed by atoms with Crippen molar-refractivity contribution in [2.45, 2.75) is 113 Å². The number of aryl methyl sites for hydroxylation is 1. The van der Waals surface area contributed by atoms with E-state index in [-0.39, 0.29) is 0 Å². The number of allylic oxidation sites excluding steroid dienone is 4. The zero-order valence-corrected chi connectivity index (χ0v) is 21.8. The molecular weight excluding hydrogens is 376 g/mol. The van der Waals surface area contributed by atoms with Gasteiger partial charge in [-0.2, -0.15) is 5.26 Å². The zero-order valence-electron chi connectivity index (χ0n) is 21.8. The predicted octanol–water partition coefficient (Wildman–Crippen LogP) is 9.63. The molecule has 2 heteroatoms. The number of nitrogens with one attached hydrogen (secondary N) is 1. The third-order valence-electron chi connectivity index (χ3n) is 4.99. The van der Waals surface area contributed by atoms with E-state index in [2.05, 4.69) is 81.6 Å². The fourth-order valence-corrected chi connectivity index (χ4v) is 3.16. The van der Waals surface area contributed by atoms with E-state index in [0.29, 0.717) is 18.4 Å². The van der Waals surface area contributed by atoms with Crippen molar-refractivity contribution in [1.82, 2.24) is 0 Å². The molecule has 0 bridgehead atoms. The van der Waals surface area contributed by atoms with Crippen molar-refractivity contribution in [3.8, 4) is 6.07 Å². The van der Waals surface area contributed by atoms with Gasteiger partial charge in [-0.05, 0) is 57.1 Å². The van der Waals surface area contributed by atoms with Crippen LogP contribution in [-0.4, -0.2) is 6.04 Å². The number of benzene rings is 1. The molecule has 176 valence electrons. The van der Waals surface area contributed by atoms with Gasteiger partial charge in [0.15, 0.2) is 0 Å². The Bertz CT molecular complexity index is 605. The highest BCUT2D eigenvalue weighted by molar-refractivity contribution is 5.45. The van der Waals surface area contributed by atoms with Crippen LogP contribution in [-0.2, 0) is 0 Å². The predicted molar refractivity (Wildman–Crippen MR) is 142 cm³/mol. The van der Waals surface area contributed by atoms with E-state index in [1.807, 2.05) is 27.7 Å². The summed E-state index contributed by atoms with van der Waals surface area (Å²) in [5.41, 5.74) is 4.02. The lowest BCUT2D eigenvalue weighted by Crippen LogP contribution is -2.17. The molecule has 31 heavy (non-hydrogen) atoms. The molecule has 1 aliphatic carbocycles. The number of rotatable bonds is 9. The molecule has 2 atom stereocenters. The van der Waals surface area contributed by atoms with Gasteiger partial charge >= 0.3 is 0 Å². The molecule has 0 heterocycles. The van der Waals surface area contributed by atoms with Gasteiger partial charge in [0.25, 0.3) is 0 Å². The normalized spacial score (nSPS) is 14.8. The summed E-state index contributed by atoms with van der Waals surface area (Å²) in [4.78, 5) is 0. The van der Waals surface area contributed by atoms with Gasteiger partial charge in [-0.1, -0.05) is 103 Å². The number of unbranched alkanes of at least 4 members (excludes halogenated alkanes) is 1. The van der Waals surface area contributed by atoms with Gasteiger partial charge in [-0.25, -0.2) is 0 Å². The van der Waals surface area contributed by atoms with Crippen molar-refractivity contribution >= 4 is 5.69 Å². The standard InChI is InChI=1S/C13H21N.C12H17N.2C2H6/c1-4-6-12(5-2)14-13-9-7-11(3)8-10-13;1-2-3-4-11-5-7-12(8-6-11)9-10-13;2*1-2/h7-10,12,14H,4-6H2,1-3H3;5-7,12H,2-4,8-9H2,1H3;2*1-2H3. The van der Waals surface area contributed by atoms with E-state index in [1.165, 1.54) is 55.3 Å². The lowest BCUT2D eigenvalue weighted by atomic mass is 9.92. The summed E-state index contributed by atoms with van der Waals surface area (Å²) >= 11 is 0. The highest BCUT2D eigenvalue weighted by Gasteiger charge is 2.07. The molecule has 0 aromatic heterocycles. The molecule has 0 saturated carbocycles. The van der Waals surface area contributed by atoms with Crippen molar-refractivity contribution < 1.29 is 0 Å². The molecule has 1 N–H and O–H groups in total. The zero-order chi connectivity index (χ0) is 23.9. The van der Waals surface area contributed by atoms with Crippen LogP contribution in [0.5, 0.6) is 0 Å². The van der Waals surface area contributed by atoms with Gasteiger partial charge in [0.05, 0.1) is 6.07 Å². The summed E-state index contributed by atoms with van der Waals surface area (Å²) in [5.74, 6) is 0.468. The number of nitrogens with zero attached hydrogens (tertiary/aromatic N) is 1. The first-order valence-electron chi connectivity index (χ1n) is 12.7. The second kappa shape index (κ2) is 22.7. The molecule has 0 fully saturated rings. The lowest BCUT2D eigenvalue weighted by molar-refractivity contribution is 0.623. The van der Waals surface area contributed by atoms with Gasteiger partial charge in [-0.3, -0.25) is 0 Å². The Kier molecular flexibility index (Phi) is 22.8. The van der Waals surface area contributed by atoms with Crippen LogP contribution in [0.25, 0.3) is 0 Å². The number of hydrogen-bond acceptors (Lipinski definition) is 2. The lowest BCUT2D eigenvalue weighted by Gasteiger charge is -2.17. The molecule has 2 rings (SSSR count). The molecule has 0 aliphatic heterocycles. The van der Waals surface area contributed by atoms with E-state index in [0.717, 1.165) is 6.42 Å². The van der Waals surface area contributed by atoms with Crippen LogP contribution >= 0.6 is 0 Å². The average molecular weight is 427 g/mol. The highest BCUT2D eigenvalue weighted by atomic mass is 14.9. The Morgan fingerprint density at radius 2 is 1.68 bits per heavy atom. The molecule has 0 saturated heterocycles. The van der Waals surface area contributed by atoms with Crippen LogP contribution in [0.1, 0.15) is 105 Å². The topological polar surface area (TPSA) is 35.8 Å². The molecule has 0 radical (unpaired) electrons. The first kappa shape index (κ1) is 31.2. The fourth-order valence-electron chi connectivity index (χ4n) is 3.16. The SMILES string of the molecule is CC.CC.CCCC(CC)Nc1ccc(C)cc1.CCCCC1=CCC(CC#N)C=C1. The summed E-state index contributed by atoms with van der Waals surface area (Å²) < 4.78 is 0. The number of nitriles is 1. The van der Waals surface area contributed by atoms with E-state index in [4.69, 9.17) is 5.26 Å². The fraction of sp³-hybridized carbons (Fsp3) is 0.621. The molecule has 1 aromatic carbocycles. The minimum Gasteiger partial charge on any atom is -0.382 e. The van der Waals surface area contributed by atoms with E-state index >= 15 is 0 Å². The minimum absolute atomic E-state index is 0.468. The van der Waals surface area contributed by atoms with Crippen LogP contribution in [0.15, 0.2) is 48.1 Å². The molecular formula is C29H50N2. The Morgan fingerprint density at radius 1 is 1.03 bits per heavy atom. The molecule has 1 aliphatic rings. The molecule has 2 unspecified atom stereocenters. The van der Waals surface area contributed by atoms with Crippen molar-refractivity contribution in [3.63, 3.8) is 0 Å². The van der Waals surface area contributed by atoms with Gasteiger partial charge in [-0.15, -0.1) is 0 Å². The summed E-state index contributed by atoms with van der Waals surface area (Å²) in [6.07, 6.45) is 15.8. The Morgan fingerprint density at radius 3 is 2.13 bits per heavy atom. The van der Waals surface area contributed by atoms with Crippen LogP contribution in [0.4, 0.5) is 5.69 Å². The maximum absolute atomic E-state index is 8.52. The largest absolute Gasteiger partial charge is 0.382 e. The molecule has 2 nitrogen and oxygen atoms in total. The molecule has 1 aromatic rings. The van der Waals surface area contributed by atoms with Crippen LogP contribution in [0.2, 0.25) is 0 Å². The van der Waals surface area contributed by atoms with E-state index in [1.54, 1.807) is 0 Å². The average Bonchev–Trinajstić information content (AvgIpc) is 2.83. The third kappa shape index (κ3) is 16.4. The summed E-state index contributed by atoms with van der Waals surface area (Å²) in [6.45, 7) is 16.8. The van der Waals surface area contributed by atoms with Crippen molar-refractivity contribution in [3.05, 3.63) is 53.6 Å². The number of anilines is 1. The summed E-state index contributed by atoms with van der Waals surface area (Å²) in [6, 6.07) is 11.5. The number of hydrogen-bond donors (Lipinski definition) is 1. The maximum Gasteiger partial charge on any atom is 0.0628 e. The van der Waals surface area contributed by atoms with Crippen LogP contribution < -0.4 is 5.32 Å². The Hall–Kier alpha value is -2.01. The summed E-state index contributed by atoms with van der Waals surface area (Å²) in [7, 11) is 0. The molecule has 0 amide bonds. The smallest absolute Gasteiger partial charge is 0.0628 e. The van der Waals surface area contributed by atoms with Crippen LogP contribution in [0.3, 0.4) is 0 Å². The third-order valence-corrected chi connectivity index (χ3v) is 4.99. The minimum atomic E-state index is 0.468. The molecule has 0 spiro atoms. The van der Waals surface area contributed by atoms with Gasteiger partial charge < -0.3 is 5.32 Å². The van der Waals surface area contributed by atoms with E-state index in [9.17, 15) is 0 Å². The van der Waals surface area contributed by atoms with Crippen LogP contribution in [0, 0.1) is 24.2 Å². The van der Waals surface area contributed by atoms with Crippen molar-refractivity contribution in [1.29, 1.82) is 5.26 Å². The monoisotopic (exact) mass is 426 g/mol. The summed E-state index contributed by atoms with van der Waals surface area (Å²) in [5, 5.41) is 12.1. The van der Waals surface area contributed by atoms with Gasteiger partial charge in [0.2, 0.25) is 0 Å². The second-order valence-corrected chi connectivity index (χ2v) is 7.50. The first-order valence-corrected chi connectivity index (χ1v) is 12.7. The van der Waals surface area contributed by atoms with Crippen molar-refractivity contribution in [2.75, 3.05) is 5.32 Å². The quantitative estimate of drug-likeness (QED) is 0.426. The van der Waals surface area contributed by atoms with Gasteiger partial charge in [0.1, 0.15) is 0 Å². The first-order chi connectivity index (χ1) is 15.1. The van der Waals surface area contributed by atoms with Crippen molar-refractivity contribution in [2.24, 2.45) is 5.92 Å². The van der Waals surface area contributed by atoms with E-state index < -0.39 is 0 Å². The van der Waals surface area contributed by atoms with Gasteiger partial charge in [0, 0.05) is 18.2 Å². The second-order valence-electron chi connectivity index (χ2n) is 7.50. The highest BCUT2D eigenvalue weighted by Crippen LogP contribution is 2.21. The Labute approximate surface area is 194 Å².